The zero-order valence-corrected chi connectivity index (χ0v) is 15.2. The lowest BCUT2D eigenvalue weighted by atomic mass is 10.1. The van der Waals surface area contributed by atoms with Crippen molar-refractivity contribution in [2.75, 3.05) is 5.32 Å². The Hall–Kier alpha value is -3.47. The number of pyridine rings is 1. The van der Waals surface area contributed by atoms with E-state index in [1.165, 1.54) is 17.6 Å². The average molecular weight is 360 g/mol. The Kier molecular flexibility index (Phi) is 5.31. The second-order valence-electron chi connectivity index (χ2n) is 6.43. The Morgan fingerprint density at radius 2 is 1.63 bits per heavy atom. The molecule has 0 saturated heterocycles. The van der Waals surface area contributed by atoms with E-state index in [1.807, 2.05) is 31.2 Å². The predicted octanol–water partition coefficient (Wildman–Crippen LogP) is 3.66. The molecule has 1 heterocycles. The van der Waals surface area contributed by atoms with Crippen LogP contribution in [0.3, 0.4) is 0 Å². The average Bonchev–Trinajstić information content (AvgIpc) is 2.65. The first kappa shape index (κ1) is 18.3. The molecule has 0 fully saturated rings. The first-order valence-electron chi connectivity index (χ1n) is 8.61. The minimum Gasteiger partial charge on any atom is -0.322 e. The summed E-state index contributed by atoms with van der Waals surface area (Å²) < 4.78 is 1.51. The second kappa shape index (κ2) is 7.83. The summed E-state index contributed by atoms with van der Waals surface area (Å²) in [5.74, 6) is -0.524. The third-order valence-electron chi connectivity index (χ3n) is 4.29. The lowest BCUT2D eigenvalue weighted by molar-refractivity contribution is 0.101. The molecule has 3 aromatic rings. The summed E-state index contributed by atoms with van der Waals surface area (Å²) in [7, 11) is 0. The van der Waals surface area contributed by atoms with E-state index in [1.54, 1.807) is 36.5 Å². The van der Waals surface area contributed by atoms with Crippen LogP contribution in [0.1, 0.15) is 38.8 Å². The molecular weight excluding hydrogens is 340 g/mol. The van der Waals surface area contributed by atoms with Gasteiger partial charge in [-0.05, 0) is 55.8 Å². The number of amides is 1. The minimum absolute atomic E-state index is 0.0464. The van der Waals surface area contributed by atoms with Crippen LogP contribution in [0.25, 0.3) is 0 Å². The molecule has 1 aromatic heterocycles. The highest BCUT2D eigenvalue weighted by molar-refractivity contribution is 6.04. The van der Waals surface area contributed by atoms with Gasteiger partial charge in [0.2, 0.25) is 0 Å². The topological polar surface area (TPSA) is 68.2 Å². The van der Waals surface area contributed by atoms with Crippen LogP contribution in [0, 0.1) is 6.92 Å². The summed E-state index contributed by atoms with van der Waals surface area (Å²) in [6.07, 6.45) is 1.67. The van der Waals surface area contributed by atoms with Gasteiger partial charge in [-0.25, -0.2) is 0 Å². The van der Waals surface area contributed by atoms with E-state index in [0.717, 1.165) is 11.1 Å². The summed E-state index contributed by atoms with van der Waals surface area (Å²) in [6.45, 7) is 3.88. The van der Waals surface area contributed by atoms with Gasteiger partial charge in [-0.3, -0.25) is 14.4 Å². The van der Waals surface area contributed by atoms with Crippen LogP contribution in [0.4, 0.5) is 5.69 Å². The third kappa shape index (κ3) is 4.39. The molecule has 0 unspecified atom stereocenters. The highest BCUT2D eigenvalue weighted by Gasteiger charge is 2.13. The lowest BCUT2D eigenvalue weighted by Crippen LogP contribution is -2.29. The Morgan fingerprint density at radius 1 is 0.963 bits per heavy atom. The van der Waals surface area contributed by atoms with E-state index < -0.39 is 5.91 Å². The van der Waals surface area contributed by atoms with Crippen LogP contribution >= 0.6 is 0 Å². The van der Waals surface area contributed by atoms with Crippen LogP contribution in [0.2, 0.25) is 0 Å². The number of Topliss-reactive ketones (excluding diaryl/α,β-unsaturated/α-hetero) is 1. The molecule has 136 valence electrons. The first-order chi connectivity index (χ1) is 12.9. The molecule has 0 saturated carbocycles. The highest BCUT2D eigenvalue weighted by atomic mass is 16.2. The lowest BCUT2D eigenvalue weighted by Gasteiger charge is -2.09. The van der Waals surface area contributed by atoms with Gasteiger partial charge in [-0.1, -0.05) is 29.8 Å². The number of nitrogens with zero attached hydrogens (tertiary/aromatic N) is 1. The van der Waals surface area contributed by atoms with E-state index >= 15 is 0 Å². The van der Waals surface area contributed by atoms with Crippen LogP contribution in [0.5, 0.6) is 0 Å². The molecule has 3 rings (SSSR count). The molecule has 27 heavy (non-hydrogen) atoms. The maximum absolute atomic E-state index is 12.7. The molecule has 5 heteroatoms. The number of carbonyl (C=O) groups excluding carboxylic acids is 2. The van der Waals surface area contributed by atoms with Crippen molar-refractivity contribution in [3.63, 3.8) is 0 Å². The van der Waals surface area contributed by atoms with Crippen molar-refractivity contribution in [3.05, 3.63) is 99.5 Å². The molecule has 0 bridgehead atoms. The molecule has 1 amide bonds. The molecular formula is C22H20N2O3. The first-order valence-corrected chi connectivity index (χ1v) is 8.61. The molecule has 0 atom stereocenters. The van der Waals surface area contributed by atoms with Gasteiger partial charge < -0.3 is 9.88 Å². The maximum atomic E-state index is 12.7. The Morgan fingerprint density at radius 3 is 2.26 bits per heavy atom. The fourth-order valence-electron chi connectivity index (χ4n) is 2.71. The van der Waals surface area contributed by atoms with E-state index in [4.69, 9.17) is 0 Å². The van der Waals surface area contributed by atoms with Crippen molar-refractivity contribution in [2.45, 2.75) is 20.4 Å². The van der Waals surface area contributed by atoms with Gasteiger partial charge in [0.1, 0.15) is 5.56 Å². The molecule has 0 aliphatic rings. The van der Waals surface area contributed by atoms with E-state index in [9.17, 15) is 14.4 Å². The summed E-state index contributed by atoms with van der Waals surface area (Å²) in [5, 5.41) is 2.70. The minimum atomic E-state index is -0.478. The number of hydrogen-bond donors (Lipinski definition) is 1. The SMILES string of the molecule is CC(=O)c1ccc(NC(=O)c2cccn(Cc3ccc(C)cc3)c2=O)cc1. The number of ketones is 1. The number of aromatic nitrogens is 1. The van der Waals surface area contributed by atoms with Crippen LogP contribution < -0.4 is 10.9 Å². The molecule has 0 aliphatic carbocycles. The number of anilines is 1. The third-order valence-corrected chi connectivity index (χ3v) is 4.29. The Labute approximate surface area is 157 Å². The van der Waals surface area contributed by atoms with Crippen molar-refractivity contribution in [2.24, 2.45) is 0 Å². The smallest absolute Gasteiger partial charge is 0.263 e. The molecule has 0 spiro atoms. The number of benzene rings is 2. The fraction of sp³-hybridized carbons (Fsp3) is 0.136. The number of nitrogens with one attached hydrogen (secondary N) is 1. The van der Waals surface area contributed by atoms with Crippen molar-refractivity contribution in [1.29, 1.82) is 0 Å². The van der Waals surface area contributed by atoms with E-state index in [2.05, 4.69) is 5.32 Å². The van der Waals surface area contributed by atoms with Gasteiger partial charge in [0.05, 0.1) is 6.54 Å². The highest BCUT2D eigenvalue weighted by Crippen LogP contribution is 2.11. The molecule has 0 aliphatic heterocycles. The van der Waals surface area contributed by atoms with E-state index in [-0.39, 0.29) is 16.9 Å². The van der Waals surface area contributed by atoms with E-state index in [0.29, 0.717) is 17.8 Å². The molecule has 0 radical (unpaired) electrons. The quantitative estimate of drug-likeness (QED) is 0.706. The predicted molar refractivity (Wildman–Crippen MR) is 105 cm³/mol. The summed E-state index contributed by atoms with van der Waals surface area (Å²) in [4.78, 5) is 36.5. The summed E-state index contributed by atoms with van der Waals surface area (Å²) in [5.41, 5.74) is 2.94. The van der Waals surface area contributed by atoms with Crippen LogP contribution in [-0.2, 0) is 6.54 Å². The van der Waals surface area contributed by atoms with Gasteiger partial charge in [0, 0.05) is 17.4 Å². The Bertz CT molecular complexity index is 1030. The summed E-state index contributed by atoms with van der Waals surface area (Å²) >= 11 is 0. The van der Waals surface area contributed by atoms with Gasteiger partial charge >= 0.3 is 0 Å². The number of hydrogen-bond acceptors (Lipinski definition) is 3. The summed E-state index contributed by atoms with van der Waals surface area (Å²) in [6, 6.07) is 17.7. The number of aryl methyl sites for hydroxylation is 1. The van der Waals surface area contributed by atoms with Gasteiger partial charge in [0.25, 0.3) is 11.5 Å². The molecule has 1 N–H and O–H groups in total. The van der Waals surface area contributed by atoms with Crippen LogP contribution in [-0.4, -0.2) is 16.3 Å². The normalized spacial score (nSPS) is 10.4. The standard InChI is InChI=1S/C22H20N2O3/c1-15-5-7-17(8-6-15)14-24-13-3-4-20(22(24)27)21(26)23-19-11-9-18(10-12-19)16(2)25/h3-13H,14H2,1-2H3,(H,23,26). The maximum Gasteiger partial charge on any atom is 0.263 e. The van der Waals surface area contributed by atoms with Crippen molar-refractivity contribution in [1.82, 2.24) is 4.57 Å². The van der Waals surface area contributed by atoms with Crippen molar-refractivity contribution < 1.29 is 9.59 Å². The van der Waals surface area contributed by atoms with Gasteiger partial charge in [-0.2, -0.15) is 0 Å². The second-order valence-corrected chi connectivity index (χ2v) is 6.43. The number of carbonyl (C=O) groups is 2. The van der Waals surface area contributed by atoms with Crippen molar-refractivity contribution >= 4 is 17.4 Å². The van der Waals surface area contributed by atoms with Gasteiger partial charge in [-0.15, -0.1) is 0 Å². The van der Waals surface area contributed by atoms with Crippen molar-refractivity contribution in [3.8, 4) is 0 Å². The molecule has 2 aromatic carbocycles. The van der Waals surface area contributed by atoms with Crippen LogP contribution in [0.15, 0.2) is 71.7 Å². The zero-order valence-electron chi connectivity index (χ0n) is 15.2. The molecule has 5 nitrogen and oxygen atoms in total. The largest absolute Gasteiger partial charge is 0.322 e. The fourth-order valence-corrected chi connectivity index (χ4v) is 2.71. The van der Waals surface area contributed by atoms with Gasteiger partial charge in [0.15, 0.2) is 5.78 Å². The Balaban J connectivity index is 1.80. The monoisotopic (exact) mass is 360 g/mol. The number of rotatable bonds is 5. The zero-order chi connectivity index (χ0) is 19.4.